The Morgan fingerprint density at radius 2 is 1.71 bits per heavy atom. The molecule has 0 atom stereocenters. The first-order valence-electron chi connectivity index (χ1n) is 5.46. The molecule has 0 unspecified atom stereocenters. The third-order valence-corrected chi connectivity index (χ3v) is 5.26. The molecule has 0 saturated carbocycles. The number of rotatable bonds is 3. The van der Waals surface area contributed by atoms with Gasteiger partial charge in [-0.2, -0.15) is 0 Å². The van der Waals surface area contributed by atoms with E-state index in [0.717, 1.165) is 0 Å². The van der Waals surface area contributed by atoms with Crippen LogP contribution in [0, 0.1) is 0 Å². The molecule has 0 heterocycles. The molecule has 0 amide bonds. The molecule has 0 radical (unpaired) electrons. The Labute approximate surface area is 139 Å². The minimum Gasteiger partial charge on any atom is -0.508 e. The fourth-order valence-corrected chi connectivity index (χ4v) is 4.65. The molecular weight excluding hydrogens is 403 g/mol. The average Bonchev–Trinajstić information content (AvgIpc) is 2.30. The van der Waals surface area contributed by atoms with Gasteiger partial charge in [0.05, 0.1) is 21.4 Å². The summed E-state index contributed by atoms with van der Waals surface area (Å²) in [5.41, 5.74) is 5.83. The summed E-state index contributed by atoms with van der Waals surface area (Å²) in [6.07, 6.45) is 0. The van der Waals surface area contributed by atoms with Gasteiger partial charge in [0.1, 0.15) is 10.6 Å². The molecule has 2 aromatic rings. The monoisotopic (exact) mass is 410 g/mol. The maximum absolute atomic E-state index is 12.4. The predicted octanol–water partition coefficient (Wildman–Crippen LogP) is 3.84. The lowest BCUT2D eigenvalue weighted by Crippen LogP contribution is -2.15. The molecule has 9 heteroatoms. The van der Waals surface area contributed by atoms with Crippen LogP contribution in [0.15, 0.2) is 39.7 Å². The van der Waals surface area contributed by atoms with Gasteiger partial charge in [-0.1, -0.05) is 39.1 Å². The van der Waals surface area contributed by atoms with Gasteiger partial charge in [-0.3, -0.25) is 4.72 Å². The highest BCUT2D eigenvalue weighted by atomic mass is 79.9. The molecule has 0 aliphatic heterocycles. The first kappa shape index (κ1) is 16.2. The summed E-state index contributed by atoms with van der Waals surface area (Å²) in [6.45, 7) is 0. The summed E-state index contributed by atoms with van der Waals surface area (Å²) in [5, 5.41) is 9.21. The Morgan fingerprint density at radius 1 is 1.14 bits per heavy atom. The molecule has 112 valence electrons. The van der Waals surface area contributed by atoms with E-state index in [1.165, 1.54) is 30.3 Å². The van der Waals surface area contributed by atoms with Crippen LogP contribution in [0.1, 0.15) is 0 Å². The Hall–Kier alpha value is -1.15. The molecule has 2 rings (SSSR count). The van der Waals surface area contributed by atoms with Gasteiger partial charge in [0, 0.05) is 10.5 Å². The molecule has 0 spiro atoms. The van der Waals surface area contributed by atoms with E-state index in [9.17, 15) is 13.5 Å². The Morgan fingerprint density at radius 3 is 2.24 bits per heavy atom. The summed E-state index contributed by atoms with van der Waals surface area (Å²) in [5.74, 6) is -0.0739. The molecule has 21 heavy (non-hydrogen) atoms. The third kappa shape index (κ3) is 3.55. The number of hydrogen-bond acceptors (Lipinski definition) is 4. The Bertz CT molecular complexity index is 789. The van der Waals surface area contributed by atoms with Crippen LogP contribution < -0.4 is 10.5 Å². The predicted molar refractivity (Wildman–Crippen MR) is 87.5 cm³/mol. The lowest BCUT2D eigenvalue weighted by atomic mass is 10.2. The number of phenolic OH excluding ortho intramolecular Hbond substituents is 1. The van der Waals surface area contributed by atoms with Crippen molar-refractivity contribution in [1.82, 2.24) is 0 Å². The molecule has 4 N–H and O–H groups in total. The molecule has 0 aliphatic rings. The van der Waals surface area contributed by atoms with Crippen LogP contribution in [-0.4, -0.2) is 13.5 Å². The molecule has 0 aromatic heterocycles. The average molecular weight is 412 g/mol. The maximum atomic E-state index is 12.4. The van der Waals surface area contributed by atoms with Crippen LogP contribution in [0.25, 0.3) is 0 Å². The van der Waals surface area contributed by atoms with Crippen molar-refractivity contribution >= 4 is 60.5 Å². The number of benzene rings is 2. The van der Waals surface area contributed by atoms with E-state index in [-0.39, 0.29) is 32.1 Å². The van der Waals surface area contributed by atoms with Gasteiger partial charge >= 0.3 is 0 Å². The second-order valence-corrected chi connectivity index (χ2v) is 7.42. The normalized spacial score (nSPS) is 11.4. The molecular formula is C12H9BrCl2N2O3S. The number of phenols is 1. The summed E-state index contributed by atoms with van der Waals surface area (Å²) in [6, 6.07) is 6.70. The number of anilines is 2. The number of nitrogens with one attached hydrogen (secondary N) is 1. The summed E-state index contributed by atoms with van der Waals surface area (Å²) < 4.78 is 27.6. The van der Waals surface area contributed by atoms with Gasteiger partial charge in [-0.15, -0.1) is 0 Å². The van der Waals surface area contributed by atoms with Crippen molar-refractivity contribution in [3.63, 3.8) is 0 Å². The van der Waals surface area contributed by atoms with Crippen LogP contribution in [0.2, 0.25) is 10.0 Å². The zero-order chi connectivity index (χ0) is 15.8. The van der Waals surface area contributed by atoms with Crippen molar-refractivity contribution in [3.05, 3.63) is 44.8 Å². The minimum atomic E-state index is -4.02. The standard InChI is InChI=1S/C12H9BrCl2N2O3S/c13-6-3-8(14)12(9(15)4-6)21(19,20)17-11-2-1-7(18)5-10(11)16/h1-5,17-18H,16H2. The molecule has 5 nitrogen and oxygen atoms in total. The number of nitrogen functional groups attached to an aromatic ring is 1. The molecule has 0 bridgehead atoms. The zero-order valence-corrected chi connectivity index (χ0v) is 14.2. The van der Waals surface area contributed by atoms with Gasteiger partial charge in [0.15, 0.2) is 0 Å². The number of nitrogens with two attached hydrogens (primary N) is 1. The van der Waals surface area contributed by atoms with Crippen LogP contribution in [0.5, 0.6) is 5.75 Å². The maximum Gasteiger partial charge on any atom is 0.264 e. The number of hydrogen-bond donors (Lipinski definition) is 3. The van der Waals surface area contributed by atoms with Gasteiger partial charge in [0.2, 0.25) is 0 Å². The van der Waals surface area contributed by atoms with Crippen molar-refractivity contribution < 1.29 is 13.5 Å². The van der Waals surface area contributed by atoms with Gasteiger partial charge in [0.25, 0.3) is 10.0 Å². The molecule has 2 aromatic carbocycles. The fraction of sp³-hybridized carbons (Fsp3) is 0. The van der Waals surface area contributed by atoms with Crippen molar-refractivity contribution in [2.75, 3.05) is 10.5 Å². The van der Waals surface area contributed by atoms with Crippen molar-refractivity contribution in [1.29, 1.82) is 0 Å². The highest BCUT2D eigenvalue weighted by molar-refractivity contribution is 9.10. The van der Waals surface area contributed by atoms with E-state index in [0.29, 0.717) is 4.47 Å². The van der Waals surface area contributed by atoms with Crippen molar-refractivity contribution in [2.24, 2.45) is 0 Å². The first-order valence-corrected chi connectivity index (χ1v) is 8.50. The lowest BCUT2D eigenvalue weighted by molar-refractivity contribution is 0.475. The topological polar surface area (TPSA) is 92.4 Å². The van der Waals surface area contributed by atoms with Crippen molar-refractivity contribution in [3.8, 4) is 5.75 Å². The van der Waals surface area contributed by atoms with Crippen LogP contribution in [0.4, 0.5) is 11.4 Å². The van der Waals surface area contributed by atoms with Crippen LogP contribution >= 0.6 is 39.1 Å². The number of aromatic hydroxyl groups is 1. The Kier molecular flexibility index (Phi) is 4.57. The Balaban J connectivity index is 2.48. The lowest BCUT2D eigenvalue weighted by Gasteiger charge is -2.13. The third-order valence-electron chi connectivity index (χ3n) is 2.51. The number of sulfonamides is 1. The summed E-state index contributed by atoms with van der Waals surface area (Å²) in [7, 11) is -4.02. The van der Waals surface area contributed by atoms with E-state index >= 15 is 0 Å². The zero-order valence-electron chi connectivity index (χ0n) is 10.3. The van der Waals surface area contributed by atoms with Gasteiger partial charge in [-0.05, 0) is 24.3 Å². The summed E-state index contributed by atoms with van der Waals surface area (Å²) in [4.78, 5) is -0.249. The second kappa shape index (κ2) is 5.92. The van der Waals surface area contributed by atoms with Gasteiger partial charge < -0.3 is 10.8 Å². The quantitative estimate of drug-likeness (QED) is 0.528. The fourth-order valence-electron chi connectivity index (χ4n) is 1.62. The minimum absolute atomic E-state index is 0.0285. The first-order chi connectivity index (χ1) is 9.70. The number of halogens is 3. The second-order valence-electron chi connectivity index (χ2n) is 4.08. The molecule has 0 fully saturated rings. The smallest absolute Gasteiger partial charge is 0.264 e. The van der Waals surface area contributed by atoms with E-state index in [4.69, 9.17) is 28.9 Å². The molecule has 0 saturated heterocycles. The highest BCUT2D eigenvalue weighted by Crippen LogP contribution is 2.35. The van der Waals surface area contributed by atoms with Crippen molar-refractivity contribution in [2.45, 2.75) is 4.90 Å². The highest BCUT2D eigenvalue weighted by Gasteiger charge is 2.23. The molecule has 0 aliphatic carbocycles. The van der Waals surface area contributed by atoms with Crippen LogP contribution in [0.3, 0.4) is 0 Å². The van der Waals surface area contributed by atoms with E-state index in [1.54, 1.807) is 0 Å². The largest absolute Gasteiger partial charge is 0.508 e. The van der Waals surface area contributed by atoms with E-state index in [1.807, 2.05) is 0 Å². The summed E-state index contributed by atoms with van der Waals surface area (Å²) >= 11 is 15.1. The van der Waals surface area contributed by atoms with Gasteiger partial charge in [-0.25, -0.2) is 8.42 Å². The van der Waals surface area contributed by atoms with E-state index < -0.39 is 10.0 Å². The van der Waals surface area contributed by atoms with E-state index in [2.05, 4.69) is 20.7 Å². The SMILES string of the molecule is Nc1cc(O)ccc1NS(=O)(=O)c1c(Cl)cc(Br)cc1Cl. The van der Waals surface area contributed by atoms with Crippen LogP contribution in [-0.2, 0) is 10.0 Å².